The monoisotopic (exact) mass is 350 g/mol. The van der Waals surface area contributed by atoms with Crippen LogP contribution in [0.25, 0.3) is 0 Å². The molecule has 1 aromatic carbocycles. The molecule has 1 amide bonds. The summed E-state index contributed by atoms with van der Waals surface area (Å²) in [5, 5.41) is 2.61. The molecule has 1 N–H and O–H groups in total. The summed E-state index contributed by atoms with van der Waals surface area (Å²) in [4.78, 5) is 25.3. The third-order valence-electron chi connectivity index (χ3n) is 3.76. The molecule has 2 heterocycles. The number of rotatable bonds is 3. The topological polar surface area (TPSA) is 58.6 Å². The first-order valence-corrected chi connectivity index (χ1v) is 7.50. The van der Waals surface area contributed by atoms with Crippen LogP contribution in [-0.2, 0) is 9.53 Å². The summed E-state index contributed by atoms with van der Waals surface area (Å²) in [6, 6.07) is 3.58. The quantitative estimate of drug-likeness (QED) is 0.671. The molecule has 0 bridgehead atoms. The second kappa shape index (κ2) is 5.61. The van der Waals surface area contributed by atoms with Gasteiger partial charge in [-0.25, -0.2) is 0 Å². The molecule has 0 fully saturated rings. The predicted molar refractivity (Wildman–Crippen MR) is 83.9 cm³/mol. The van der Waals surface area contributed by atoms with Crippen molar-refractivity contribution in [2.75, 3.05) is 37.0 Å². The number of hydrogen-bond acceptors (Lipinski definition) is 4. The van der Waals surface area contributed by atoms with Gasteiger partial charge in [-0.05, 0) is 40.1 Å². The molecule has 21 heavy (non-hydrogen) atoms. The van der Waals surface area contributed by atoms with Gasteiger partial charge in [0.25, 0.3) is 11.7 Å². The van der Waals surface area contributed by atoms with Gasteiger partial charge in [-0.1, -0.05) is 6.08 Å². The zero-order valence-electron chi connectivity index (χ0n) is 11.6. The van der Waals surface area contributed by atoms with Crippen molar-refractivity contribution in [3.05, 3.63) is 33.8 Å². The van der Waals surface area contributed by atoms with Gasteiger partial charge in [-0.3, -0.25) is 9.59 Å². The van der Waals surface area contributed by atoms with E-state index in [2.05, 4.69) is 32.2 Å². The lowest BCUT2D eigenvalue weighted by atomic mass is 10.1. The summed E-state index contributed by atoms with van der Waals surface area (Å²) in [6.07, 6.45) is 3.11. The summed E-state index contributed by atoms with van der Waals surface area (Å²) < 4.78 is 5.98. The number of Topliss-reactive ketones (excluding diaryl/α,β-unsaturated/α-hetero) is 1. The first-order valence-electron chi connectivity index (χ1n) is 6.71. The van der Waals surface area contributed by atoms with Crippen LogP contribution in [0, 0.1) is 0 Å². The van der Waals surface area contributed by atoms with Crippen molar-refractivity contribution in [1.29, 1.82) is 0 Å². The van der Waals surface area contributed by atoms with Crippen molar-refractivity contribution in [2.45, 2.75) is 6.42 Å². The molecule has 1 aromatic rings. The Morgan fingerprint density at radius 3 is 2.86 bits per heavy atom. The first kappa shape index (κ1) is 14.3. The molecule has 110 valence electrons. The summed E-state index contributed by atoms with van der Waals surface area (Å²) >= 11 is 3.50. The first-order chi connectivity index (χ1) is 10.1. The van der Waals surface area contributed by atoms with Crippen molar-refractivity contribution in [3.8, 4) is 0 Å². The second-order valence-corrected chi connectivity index (χ2v) is 5.98. The zero-order valence-corrected chi connectivity index (χ0v) is 13.2. The van der Waals surface area contributed by atoms with Gasteiger partial charge in [0.1, 0.15) is 0 Å². The number of amides is 1. The molecule has 0 saturated carbocycles. The van der Waals surface area contributed by atoms with Crippen LogP contribution in [0.1, 0.15) is 16.8 Å². The SMILES string of the molecule is COCC1=CCN(c2cc3c(cc2Br)C(=O)C(=O)N3)CC1. The van der Waals surface area contributed by atoms with Gasteiger partial charge in [-0.2, -0.15) is 0 Å². The molecule has 2 aliphatic rings. The van der Waals surface area contributed by atoms with E-state index in [0.29, 0.717) is 17.9 Å². The highest BCUT2D eigenvalue weighted by molar-refractivity contribution is 9.10. The summed E-state index contributed by atoms with van der Waals surface area (Å²) in [5.74, 6) is -1.03. The van der Waals surface area contributed by atoms with Crippen LogP contribution >= 0.6 is 15.9 Å². The predicted octanol–water partition coefficient (Wildman–Crippen LogP) is 2.37. The Morgan fingerprint density at radius 2 is 2.19 bits per heavy atom. The number of carbonyl (C=O) groups excluding carboxylic acids is 2. The Hall–Kier alpha value is -1.66. The van der Waals surface area contributed by atoms with Crippen LogP contribution < -0.4 is 10.2 Å². The Bertz CT molecular complexity index is 655. The highest BCUT2D eigenvalue weighted by atomic mass is 79.9. The maximum Gasteiger partial charge on any atom is 0.296 e. The van der Waals surface area contributed by atoms with Crippen LogP contribution in [0.3, 0.4) is 0 Å². The lowest BCUT2D eigenvalue weighted by Crippen LogP contribution is -2.29. The molecule has 0 atom stereocenters. The molecule has 0 spiro atoms. The number of benzene rings is 1. The third kappa shape index (κ3) is 2.61. The van der Waals surface area contributed by atoms with Crippen molar-refractivity contribution in [3.63, 3.8) is 0 Å². The van der Waals surface area contributed by atoms with Crippen molar-refractivity contribution in [2.24, 2.45) is 0 Å². The van der Waals surface area contributed by atoms with Gasteiger partial charge >= 0.3 is 0 Å². The van der Waals surface area contributed by atoms with E-state index in [-0.39, 0.29) is 0 Å². The fourth-order valence-corrected chi connectivity index (χ4v) is 3.24. The van der Waals surface area contributed by atoms with E-state index in [1.54, 1.807) is 13.2 Å². The van der Waals surface area contributed by atoms with Crippen LogP contribution in [0.5, 0.6) is 0 Å². The fraction of sp³-hybridized carbons (Fsp3) is 0.333. The molecule has 5 nitrogen and oxygen atoms in total. The van der Waals surface area contributed by atoms with Crippen LogP contribution in [0.15, 0.2) is 28.3 Å². The Kier molecular flexibility index (Phi) is 3.82. The minimum Gasteiger partial charge on any atom is -0.380 e. The highest BCUT2D eigenvalue weighted by Crippen LogP contribution is 2.36. The van der Waals surface area contributed by atoms with Gasteiger partial charge in [0.2, 0.25) is 0 Å². The molecule has 0 radical (unpaired) electrons. The van der Waals surface area contributed by atoms with E-state index in [0.717, 1.165) is 29.7 Å². The molecule has 3 rings (SSSR count). The lowest BCUT2D eigenvalue weighted by Gasteiger charge is -2.29. The molecule has 6 heteroatoms. The second-order valence-electron chi connectivity index (χ2n) is 5.12. The fourth-order valence-electron chi connectivity index (χ4n) is 2.64. The van der Waals surface area contributed by atoms with Gasteiger partial charge in [0.15, 0.2) is 0 Å². The number of anilines is 2. The number of halogens is 1. The van der Waals surface area contributed by atoms with Crippen LogP contribution in [0.4, 0.5) is 11.4 Å². The number of fused-ring (bicyclic) bond motifs is 1. The number of nitrogens with zero attached hydrogens (tertiary/aromatic N) is 1. The van der Waals surface area contributed by atoms with Crippen LogP contribution in [-0.4, -0.2) is 38.5 Å². The molecule has 0 aliphatic carbocycles. The minimum atomic E-state index is -0.560. The Labute approximate surface area is 131 Å². The average molecular weight is 351 g/mol. The lowest BCUT2D eigenvalue weighted by molar-refractivity contribution is -0.112. The maximum atomic E-state index is 11.7. The van der Waals surface area contributed by atoms with E-state index in [9.17, 15) is 9.59 Å². The van der Waals surface area contributed by atoms with E-state index in [4.69, 9.17) is 4.74 Å². The number of methoxy groups -OCH3 is 1. The molecular weight excluding hydrogens is 336 g/mol. The minimum absolute atomic E-state index is 0.434. The average Bonchev–Trinajstić information content (AvgIpc) is 2.75. The Morgan fingerprint density at radius 1 is 1.38 bits per heavy atom. The number of ketones is 1. The largest absolute Gasteiger partial charge is 0.380 e. The van der Waals surface area contributed by atoms with Gasteiger partial charge in [0.05, 0.1) is 23.5 Å². The number of carbonyl (C=O) groups is 2. The molecule has 0 unspecified atom stereocenters. The van der Waals surface area contributed by atoms with Gasteiger partial charge in [0, 0.05) is 24.7 Å². The van der Waals surface area contributed by atoms with Crippen LogP contribution in [0.2, 0.25) is 0 Å². The van der Waals surface area contributed by atoms with Crippen molar-refractivity contribution < 1.29 is 14.3 Å². The third-order valence-corrected chi connectivity index (χ3v) is 4.39. The van der Waals surface area contributed by atoms with E-state index in [1.807, 2.05) is 6.07 Å². The normalized spacial score (nSPS) is 17.6. The molecule has 2 aliphatic heterocycles. The zero-order chi connectivity index (χ0) is 15.0. The standard InChI is InChI=1S/C15H15BrN2O3/c1-21-8-9-2-4-18(5-3-9)13-7-12-10(6-11(13)16)14(19)15(20)17-12/h2,6-7H,3-5,8H2,1H3,(H,17,19,20). The number of nitrogens with one attached hydrogen (secondary N) is 1. The van der Waals surface area contributed by atoms with Crippen molar-refractivity contribution >= 4 is 39.0 Å². The smallest absolute Gasteiger partial charge is 0.296 e. The summed E-state index contributed by atoms with van der Waals surface area (Å²) in [7, 11) is 1.70. The summed E-state index contributed by atoms with van der Waals surface area (Å²) in [5.41, 5.74) is 3.31. The maximum absolute atomic E-state index is 11.7. The van der Waals surface area contributed by atoms with E-state index >= 15 is 0 Å². The highest BCUT2D eigenvalue weighted by Gasteiger charge is 2.29. The number of hydrogen-bond donors (Lipinski definition) is 1. The molecular formula is C15H15BrN2O3. The molecule has 0 aromatic heterocycles. The van der Waals surface area contributed by atoms with E-state index in [1.165, 1.54) is 5.57 Å². The Balaban J connectivity index is 1.87. The van der Waals surface area contributed by atoms with Gasteiger partial charge in [-0.15, -0.1) is 0 Å². The molecule has 0 saturated heterocycles. The van der Waals surface area contributed by atoms with Gasteiger partial charge < -0.3 is 15.0 Å². The van der Waals surface area contributed by atoms with E-state index < -0.39 is 11.7 Å². The van der Waals surface area contributed by atoms with Crippen molar-refractivity contribution in [1.82, 2.24) is 0 Å². The summed E-state index contributed by atoms with van der Waals surface area (Å²) in [6.45, 7) is 2.34. The number of ether oxygens (including phenoxy) is 1.